The number of benzene rings is 1. The van der Waals surface area contributed by atoms with Crippen molar-refractivity contribution in [1.82, 2.24) is 5.32 Å². The van der Waals surface area contributed by atoms with Crippen LogP contribution in [-0.2, 0) is 4.79 Å². The summed E-state index contributed by atoms with van der Waals surface area (Å²) in [6.45, 7) is 1.54. The highest BCUT2D eigenvalue weighted by Gasteiger charge is 2.11. The van der Waals surface area contributed by atoms with Crippen LogP contribution in [0.1, 0.15) is 18.5 Å². The van der Waals surface area contributed by atoms with Crippen LogP contribution >= 0.6 is 11.8 Å². The molecule has 3 nitrogen and oxygen atoms in total. The average Bonchev–Trinajstić information content (AvgIpc) is 2.28. The first-order chi connectivity index (χ1) is 7.67. The predicted octanol–water partition coefficient (Wildman–Crippen LogP) is 2.24. The number of hydrogen-bond acceptors (Lipinski definition) is 3. The van der Waals surface area contributed by atoms with Crippen molar-refractivity contribution in [2.24, 2.45) is 0 Å². The number of carbonyl (C=O) groups excluding carboxylic acids is 1. The monoisotopic (exact) mass is 239 g/mol. The molecule has 1 aromatic carbocycles. The number of nitrogens with one attached hydrogen (secondary N) is 1. The summed E-state index contributed by atoms with van der Waals surface area (Å²) >= 11 is 1.71. The molecule has 88 valence electrons. The lowest BCUT2D eigenvalue weighted by Gasteiger charge is -2.17. The fourth-order valence-corrected chi connectivity index (χ4v) is 2.08. The topological polar surface area (TPSA) is 38.3 Å². The van der Waals surface area contributed by atoms with Gasteiger partial charge >= 0.3 is 0 Å². The second kappa shape index (κ2) is 6.43. The minimum absolute atomic E-state index is 0.00475. The van der Waals surface area contributed by atoms with Crippen molar-refractivity contribution in [1.29, 1.82) is 0 Å². The summed E-state index contributed by atoms with van der Waals surface area (Å²) in [5.74, 6) is 1.69. The van der Waals surface area contributed by atoms with Crippen molar-refractivity contribution >= 4 is 17.7 Å². The van der Waals surface area contributed by atoms with E-state index in [9.17, 15) is 4.79 Å². The van der Waals surface area contributed by atoms with E-state index in [1.165, 1.54) is 6.92 Å². The highest BCUT2D eigenvalue weighted by molar-refractivity contribution is 7.98. The number of thioether (sulfide) groups is 1. The van der Waals surface area contributed by atoms with Crippen molar-refractivity contribution in [3.8, 4) is 5.75 Å². The third-order valence-corrected chi connectivity index (χ3v) is 2.90. The van der Waals surface area contributed by atoms with Gasteiger partial charge in [0.15, 0.2) is 0 Å². The fourth-order valence-electron chi connectivity index (χ4n) is 1.47. The van der Waals surface area contributed by atoms with Crippen LogP contribution in [0.4, 0.5) is 0 Å². The Labute approximate surface area is 101 Å². The van der Waals surface area contributed by atoms with Crippen molar-refractivity contribution in [3.05, 3.63) is 29.8 Å². The molecular weight excluding hydrogens is 222 g/mol. The molecule has 1 unspecified atom stereocenters. The van der Waals surface area contributed by atoms with Gasteiger partial charge in [-0.15, -0.1) is 0 Å². The van der Waals surface area contributed by atoms with Crippen molar-refractivity contribution < 1.29 is 9.53 Å². The lowest BCUT2D eigenvalue weighted by molar-refractivity contribution is -0.119. The summed E-state index contributed by atoms with van der Waals surface area (Å²) in [7, 11) is 1.64. The van der Waals surface area contributed by atoms with Crippen molar-refractivity contribution in [2.75, 3.05) is 19.1 Å². The molecule has 0 aliphatic carbocycles. The highest BCUT2D eigenvalue weighted by Crippen LogP contribution is 2.20. The molecule has 1 aromatic rings. The van der Waals surface area contributed by atoms with E-state index >= 15 is 0 Å². The first kappa shape index (κ1) is 12.9. The Balaban J connectivity index is 2.79. The number of ether oxygens (including phenoxy) is 1. The summed E-state index contributed by atoms with van der Waals surface area (Å²) in [4.78, 5) is 11.1. The standard InChI is InChI=1S/C12H17NO2S/c1-9(14)13-12(8-16-3)10-4-6-11(15-2)7-5-10/h4-7,12H,8H2,1-3H3,(H,13,14). The van der Waals surface area contributed by atoms with Gasteiger partial charge in [-0.3, -0.25) is 4.79 Å². The second-order valence-corrected chi connectivity index (χ2v) is 4.39. The summed E-state index contributed by atoms with van der Waals surface area (Å²) in [5, 5.41) is 2.93. The molecule has 1 amide bonds. The van der Waals surface area contributed by atoms with E-state index in [1.807, 2.05) is 30.5 Å². The van der Waals surface area contributed by atoms with Crippen LogP contribution in [0.2, 0.25) is 0 Å². The zero-order valence-electron chi connectivity index (χ0n) is 9.82. The van der Waals surface area contributed by atoms with Crippen molar-refractivity contribution in [3.63, 3.8) is 0 Å². The molecule has 0 aromatic heterocycles. The van der Waals surface area contributed by atoms with Crippen LogP contribution in [0.5, 0.6) is 5.75 Å². The lowest BCUT2D eigenvalue weighted by Crippen LogP contribution is -2.27. The Bertz CT molecular complexity index is 337. The maximum Gasteiger partial charge on any atom is 0.217 e. The molecule has 0 heterocycles. The van der Waals surface area contributed by atoms with Crippen LogP contribution in [-0.4, -0.2) is 25.0 Å². The molecule has 4 heteroatoms. The van der Waals surface area contributed by atoms with Gasteiger partial charge in [0, 0.05) is 12.7 Å². The SMILES string of the molecule is COc1ccc(C(CSC)NC(C)=O)cc1. The van der Waals surface area contributed by atoms with E-state index < -0.39 is 0 Å². The molecule has 16 heavy (non-hydrogen) atoms. The second-order valence-electron chi connectivity index (χ2n) is 3.48. The zero-order valence-corrected chi connectivity index (χ0v) is 10.6. The molecule has 0 spiro atoms. The number of hydrogen-bond donors (Lipinski definition) is 1. The Hall–Kier alpha value is -1.16. The van der Waals surface area contributed by atoms with Gasteiger partial charge in [0.05, 0.1) is 13.2 Å². The van der Waals surface area contributed by atoms with Gasteiger partial charge in [-0.05, 0) is 24.0 Å². The summed E-state index contributed by atoms with van der Waals surface area (Å²) < 4.78 is 5.10. The summed E-state index contributed by atoms with van der Waals surface area (Å²) in [6.07, 6.45) is 2.03. The van der Waals surface area contributed by atoms with E-state index in [2.05, 4.69) is 5.32 Å². The van der Waals surface area contributed by atoms with E-state index in [4.69, 9.17) is 4.74 Å². The molecular formula is C12H17NO2S. The largest absolute Gasteiger partial charge is 0.497 e. The third-order valence-electron chi connectivity index (χ3n) is 2.23. The molecule has 0 saturated heterocycles. The van der Waals surface area contributed by atoms with Crippen LogP contribution < -0.4 is 10.1 Å². The Morgan fingerprint density at radius 1 is 1.44 bits per heavy atom. The quantitative estimate of drug-likeness (QED) is 0.856. The molecule has 0 radical (unpaired) electrons. The van der Waals surface area contributed by atoms with Crippen LogP contribution in [0.15, 0.2) is 24.3 Å². The molecule has 1 N–H and O–H groups in total. The van der Waals surface area contributed by atoms with E-state index in [0.29, 0.717) is 0 Å². The number of methoxy groups -OCH3 is 1. The van der Waals surface area contributed by atoms with Crippen LogP contribution in [0.3, 0.4) is 0 Å². The molecule has 0 bridgehead atoms. The van der Waals surface area contributed by atoms with Gasteiger partial charge in [0.2, 0.25) is 5.91 Å². The summed E-state index contributed by atoms with van der Waals surface area (Å²) in [6, 6.07) is 7.85. The molecule has 0 aliphatic rings. The fraction of sp³-hybridized carbons (Fsp3) is 0.417. The maximum atomic E-state index is 11.1. The molecule has 1 atom stereocenters. The van der Waals surface area contributed by atoms with Gasteiger partial charge in [0.25, 0.3) is 0 Å². The van der Waals surface area contributed by atoms with Gasteiger partial charge in [0.1, 0.15) is 5.75 Å². The average molecular weight is 239 g/mol. The Kier molecular flexibility index (Phi) is 5.19. The number of amides is 1. The maximum absolute atomic E-state index is 11.1. The Morgan fingerprint density at radius 3 is 2.50 bits per heavy atom. The number of carbonyl (C=O) groups is 1. The minimum atomic E-state index is -0.00475. The molecule has 0 saturated carbocycles. The molecule has 0 fully saturated rings. The van der Waals surface area contributed by atoms with Gasteiger partial charge in [-0.25, -0.2) is 0 Å². The first-order valence-corrected chi connectivity index (χ1v) is 6.46. The minimum Gasteiger partial charge on any atom is -0.497 e. The molecule has 0 aliphatic heterocycles. The predicted molar refractivity (Wildman–Crippen MR) is 67.9 cm³/mol. The van der Waals surface area contributed by atoms with Crippen molar-refractivity contribution in [2.45, 2.75) is 13.0 Å². The first-order valence-electron chi connectivity index (χ1n) is 5.07. The van der Waals surface area contributed by atoms with Crippen LogP contribution in [0.25, 0.3) is 0 Å². The lowest BCUT2D eigenvalue weighted by atomic mass is 10.1. The molecule has 1 rings (SSSR count). The van der Waals surface area contributed by atoms with Crippen LogP contribution in [0, 0.1) is 0 Å². The van der Waals surface area contributed by atoms with E-state index in [-0.39, 0.29) is 11.9 Å². The zero-order chi connectivity index (χ0) is 12.0. The van der Waals surface area contributed by atoms with Gasteiger partial charge < -0.3 is 10.1 Å². The third kappa shape index (κ3) is 3.77. The summed E-state index contributed by atoms with van der Waals surface area (Å²) in [5.41, 5.74) is 1.10. The van der Waals surface area contributed by atoms with E-state index in [0.717, 1.165) is 17.1 Å². The Morgan fingerprint density at radius 2 is 2.06 bits per heavy atom. The van der Waals surface area contributed by atoms with Gasteiger partial charge in [-0.1, -0.05) is 12.1 Å². The highest BCUT2D eigenvalue weighted by atomic mass is 32.2. The van der Waals surface area contributed by atoms with Gasteiger partial charge in [-0.2, -0.15) is 11.8 Å². The van der Waals surface area contributed by atoms with E-state index in [1.54, 1.807) is 18.9 Å². The number of rotatable bonds is 5. The smallest absolute Gasteiger partial charge is 0.217 e. The normalized spacial score (nSPS) is 11.9.